The van der Waals surface area contributed by atoms with Crippen LogP contribution in [-0.4, -0.2) is 11.7 Å². The molecule has 154 valence electrons. The minimum absolute atomic E-state index is 0.0403. The third kappa shape index (κ3) is 4.41. The van der Waals surface area contributed by atoms with E-state index in [0.717, 1.165) is 36.8 Å². The van der Waals surface area contributed by atoms with Crippen LogP contribution in [0.5, 0.6) is 0 Å². The SMILES string of the molecule is CC(O)c1ccc(/C=C/C2CCC(c3ccc(C4CO4)cc3F)CC2)c(F)c1F. The molecule has 1 saturated heterocycles. The van der Waals surface area contributed by atoms with Gasteiger partial charge in [0, 0.05) is 11.1 Å². The van der Waals surface area contributed by atoms with Crippen molar-refractivity contribution in [3.8, 4) is 0 Å². The van der Waals surface area contributed by atoms with Gasteiger partial charge in [0.15, 0.2) is 11.6 Å². The lowest BCUT2D eigenvalue weighted by atomic mass is 9.78. The Morgan fingerprint density at radius 3 is 2.38 bits per heavy atom. The van der Waals surface area contributed by atoms with Crippen molar-refractivity contribution in [2.45, 2.75) is 50.7 Å². The number of aliphatic hydroxyl groups excluding tert-OH is 1. The predicted molar refractivity (Wildman–Crippen MR) is 106 cm³/mol. The van der Waals surface area contributed by atoms with Gasteiger partial charge in [-0.05, 0) is 61.6 Å². The van der Waals surface area contributed by atoms with Gasteiger partial charge in [0.1, 0.15) is 11.9 Å². The third-order valence-corrected chi connectivity index (χ3v) is 6.08. The summed E-state index contributed by atoms with van der Waals surface area (Å²) in [7, 11) is 0. The Labute approximate surface area is 169 Å². The lowest BCUT2D eigenvalue weighted by Crippen LogP contribution is -2.13. The molecular formula is C24H25F3O2. The molecule has 2 aromatic carbocycles. The second-order valence-corrected chi connectivity index (χ2v) is 8.12. The largest absolute Gasteiger partial charge is 0.389 e. The minimum atomic E-state index is -1.05. The van der Waals surface area contributed by atoms with Gasteiger partial charge in [-0.15, -0.1) is 0 Å². The lowest BCUT2D eigenvalue weighted by Gasteiger charge is -2.27. The zero-order chi connectivity index (χ0) is 20.5. The summed E-state index contributed by atoms with van der Waals surface area (Å²) in [6.07, 6.45) is 6.02. The fourth-order valence-electron chi connectivity index (χ4n) is 4.21. The molecule has 29 heavy (non-hydrogen) atoms. The van der Waals surface area contributed by atoms with Gasteiger partial charge in [0.25, 0.3) is 0 Å². The molecule has 1 saturated carbocycles. The summed E-state index contributed by atoms with van der Waals surface area (Å²) in [5.74, 6) is -1.65. The molecular weight excluding hydrogens is 377 g/mol. The first-order valence-corrected chi connectivity index (χ1v) is 10.2. The number of allylic oxidation sites excluding steroid dienone is 1. The molecule has 1 aliphatic heterocycles. The first-order chi connectivity index (χ1) is 13.9. The first-order valence-electron chi connectivity index (χ1n) is 10.2. The number of halogens is 3. The third-order valence-electron chi connectivity index (χ3n) is 6.08. The van der Waals surface area contributed by atoms with E-state index in [-0.39, 0.29) is 34.9 Å². The van der Waals surface area contributed by atoms with Crippen molar-refractivity contribution in [2.24, 2.45) is 5.92 Å². The van der Waals surface area contributed by atoms with Crippen molar-refractivity contribution in [3.63, 3.8) is 0 Å². The summed E-state index contributed by atoms with van der Waals surface area (Å²) in [4.78, 5) is 0. The highest BCUT2D eigenvalue weighted by Crippen LogP contribution is 2.39. The maximum absolute atomic E-state index is 14.5. The topological polar surface area (TPSA) is 32.8 Å². The molecule has 2 nitrogen and oxygen atoms in total. The number of rotatable bonds is 5. The quantitative estimate of drug-likeness (QED) is 0.603. The predicted octanol–water partition coefficient (Wildman–Crippen LogP) is 6.22. The molecule has 4 rings (SSSR count). The van der Waals surface area contributed by atoms with Crippen LogP contribution in [-0.2, 0) is 4.74 Å². The molecule has 2 aliphatic rings. The highest BCUT2D eigenvalue weighted by atomic mass is 19.2. The Balaban J connectivity index is 1.38. The zero-order valence-corrected chi connectivity index (χ0v) is 16.4. The Bertz CT molecular complexity index is 911. The smallest absolute Gasteiger partial charge is 0.166 e. The van der Waals surface area contributed by atoms with Crippen LogP contribution in [0.4, 0.5) is 13.2 Å². The Morgan fingerprint density at radius 1 is 1.03 bits per heavy atom. The molecule has 5 heteroatoms. The van der Waals surface area contributed by atoms with Crippen LogP contribution in [0.25, 0.3) is 6.08 Å². The van der Waals surface area contributed by atoms with E-state index in [1.165, 1.54) is 19.1 Å². The van der Waals surface area contributed by atoms with Crippen LogP contribution in [0.3, 0.4) is 0 Å². The van der Waals surface area contributed by atoms with E-state index in [9.17, 15) is 18.3 Å². The number of aliphatic hydroxyl groups is 1. The average Bonchev–Trinajstić information content (AvgIpc) is 3.55. The standard InChI is InChI=1S/C24H25F3O2/c1-14(28)19-10-8-17(23(26)24(19)27)7-4-15-2-5-16(6-3-15)20-11-9-18(12-21(20)25)22-13-29-22/h4,7-12,14-16,22,28H,2-3,5-6,13H2,1H3/b7-4+. The Morgan fingerprint density at radius 2 is 1.76 bits per heavy atom. The van der Waals surface area contributed by atoms with Crippen LogP contribution in [0, 0.1) is 23.4 Å². The van der Waals surface area contributed by atoms with E-state index in [2.05, 4.69) is 0 Å². The first kappa shape index (κ1) is 20.2. The van der Waals surface area contributed by atoms with Crippen molar-refractivity contribution in [2.75, 3.05) is 6.61 Å². The normalized spacial score (nSPS) is 25.3. The molecule has 2 atom stereocenters. The molecule has 0 bridgehead atoms. The molecule has 0 amide bonds. The van der Waals surface area contributed by atoms with Crippen LogP contribution in [0.15, 0.2) is 36.4 Å². The zero-order valence-electron chi connectivity index (χ0n) is 16.4. The summed E-state index contributed by atoms with van der Waals surface area (Å²) in [6.45, 7) is 2.07. The summed E-state index contributed by atoms with van der Waals surface area (Å²) in [5.41, 5.74) is 1.80. The molecule has 1 aliphatic carbocycles. The number of hydrogen-bond donors (Lipinski definition) is 1. The Kier molecular flexibility index (Phi) is 5.79. The van der Waals surface area contributed by atoms with Crippen molar-refractivity contribution in [1.82, 2.24) is 0 Å². The average molecular weight is 402 g/mol. The van der Waals surface area contributed by atoms with Gasteiger partial charge in [0.05, 0.1) is 12.7 Å². The van der Waals surface area contributed by atoms with Crippen molar-refractivity contribution in [1.29, 1.82) is 0 Å². The van der Waals surface area contributed by atoms with E-state index < -0.39 is 17.7 Å². The maximum Gasteiger partial charge on any atom is 0.166 e. The minimum Gasteiger partial charge on any atom is -0.389 e. The fraction of sp³-hybridized carbons (Fsp3) is 0.417. The maximum atomic E-state index is 14.5. The summed E-state index contributed by atoms with van der Waals surface area (Å²) < 4.78 is 47.9. The molecule has 2 unspecified atom stereocenters. The second kappa shape index (κ2) is 8.33. The molecule has 0 radical (unpaired) electrons. The summed E-state index contributed by atoms with van der Waals surface area (Å²) in [5, 5.41) is 9.48. The van der Waals surface area contributed by atoms with Crippen molar-refractivity contribution < 1.29 is 23.0 Å². The highest BCUT2D eigenvalue weighted by molar-refractivity contribution is 5.51. The van der Waals surface area contributed by atoms with Gasteiger partial charge in [-0.25, -0.2) is 13.2 Å². The van der Waals surface area contributed by atoms with Gasteiger partial charge in [0.2, 0.25) is 0 Å². The molecule has 1 N–H and O–H groups in total. The number of epoxide rings is 1. The van der Waals surface area contributed by atoms with Gasteiger partial charge < -0.3 is 9.84 Å². The molecule has 1 heterocycles. The van der Waals surface area contributed by atoms with E-state index in [1.54, 1.807) is 12.1 Å². The van der Waals surface area contributed by atoms with Gasteiger partial charge in [-0.3, -0.25) is 0 Å². The monoisotopic (exact) mass is 402 g/mol. The van der Waals surface area contributed by atoms with Crippen LogP contribution in [0.2, 0.25) is 0 Å². The Hall–Kier alpha value is -2.11. The second-order valence-electron chi connectivity index (χ2n) is 8.12. The van der Waals surface area contributed by atoms with E-state index >= 15 is 0 Å². The summed E-state index contributed by atoms with van der Waals surface area (Å²) in [6, 6.07) is 8.33. The van der Waals surface area contributed by atoms with E-state index in [1.807, 2.05) is 18.2 Å². The van der Waals surface area contributed by atoms with Crippen molar-refractivity contribution >= 4 is 6.08 Å². The molecule has 0 aromatic heterocycles. The number of hydrogen-bond acceptors (Lipinski definition) is 2. The summed E-state index contributed by atoms with van der Waals surface area (Å²) >= 11 is 0. The van der Waals surface area contributed by atoms with Crippen LogP contribution in [0.1, 0.15) is 73.0 Å². The van der Waals surface area contributed by atoms with Crippen molar-refractivity contribution in [3.05, 3.63) is 76.1 Å². The number of benzene rings is 2. The van der Waals surface area contributed by atoms with E-state index in [4.69, 9.17) is 4.74 Å². The van der Waals surface area contributed by atoms with E-state index in [0.29, 0.717) is 6.61 Å². The molecule has 0 spiro atoms. The van der Waals surface area contributed by atoms with Crippen LogP contribution < -0.4 is 0 Å². The highest BCUT2D eigenvalue weighted by Gasteiger charge is 2.28. The number of ether oxygens (including phenoxy) is 1. The van der Waals surface area contributed by atoms with Crippen LogP contribution >= 0.6 is 0 Å². The molecule has 2 aromatic rings. The van der Waals surface area contributed by atoms with Gasteiger partial charge in [-0.2, -0.15) is 0 Å². The fourth-order valence-corrected chi connectivity index (χ4v) is 4.21. The van der Waals surface area contributed by atoms with Gasteiger partial charge >= 0.3 is 0 Å². The van der Waals surface area contributed by atoms with Gasteiger partial charge in [-0.1, -0.05) is 36.4 Å². The molecule has 2 fully saturated rings. The lowest BCUT2D eigenvalue weighted by molar-refractivity contribution is 0.192.